The zero-order valence-corrected chi connectivity index (χ0v) is 12.9. The number of halogens is 1. The average Bonchev–Trinajstić information content (AvgIpc) is 3.04. The molecule has 110 valence electrons. The number of nitrogen functional groups attached to an aromatic ring is 1. The standard InChI is InChI=1S/C14H14ClN3O2S/c1-20-12(19)5-9-6-21-14(17-9)11-3-7-2-8(15)4-10(16)13(7)18-11/h2-4,9,18H,5-6,16H2,1H3. The molecule has 0 bridgehead atoms. The van der Waals surface area contributed by atoms with Crippen LogP contribution in [0, 0.1) is 0 Å². The van der Waals surface area contributed by atoms with Gasteiger partial charge in [-0.1, -0.05) is 11.6 Å². The number of methoxy groups -OCH3 is 1. The highest BCUT2D eigenvalue weighted by Gasteiger charge is 2.23. The van der Waals surface area contributed by atoms with Gasteiger partial charge >= 0.3 is 5.97 Å². The van der Waals surface area contributed by atoms with E-state index in [1.54, 1.807) is 17.8 Å². The fourth-order valence-electron chi connectivity index (χ4n) is 2.29. The Labute approximate surface area is 130 Å². The molecule has 1 aliphatic heterocycles. The number of hydrogen-bond acceptors (Lipinski definition) is 5. The van der Waals surface area contributed by atoms with Crippen molar-refractivity contribution in [1.29, 1.82) is 0 Å². The lowest BCUT2D eigenvalue weighted by atomic mass is 10.2. The number of thioether (sulfide) groups is 1. The highest BCUT2D eigenvalue weighted by Crippen LogP contribution is 2.30. The first kappa shape index (κ1) is 14.3. The van der Waals surface area contributed by atoms with Crippen LogP contribution in [-0.4, -0.2) is 34.9 Å². The number of nitrogens with two attached hydrogens (primary N) is 1. The number of nitrogens with one attached hydrogen (secondary N) is 1. The van der Waals surface area contributed by atoms with Crippen LogP contribution < -0.4 is 5.73 Å². The largest absolute Gasteiger partial charge is 0.469 e. The summed E-state index contributed by atoms with van der Waals surface area (Å²) in [5.41, 5.74) is 8.32. The van der Waals surface area contributed by atoms with Crippen LogP contribution in [0.5, 0.6) is 0 Å². The molecule has 1 atom stereocenters. The summed E-state index contributed by atoms with van der Waals surface area (Å²) in [7, 11) is 1.39. The summed E-state index contributed by atoms with van der Waals surface area (Å²) >= 11 is 7.63. The Morgan fingerprint density at radius 3 is 3.14 bits per heavy atom. The summed E-state index contributed by atoms with van der Waals surface area (Å²) in [4.78, 5) is 19.1. The van der Waals surface area contributed by atoms with Crippen LogP contribution in [-0.2, 0) is 9.53 Å². The number of aromatic amines is 1. The Balaban J connectivity index is 1.89. The normalized spacial score (nSPS) is 18.0. The van der Waals surface area contributed by atoms with Crippen LogP contribution >= 0.6 is 23.4 Å². The Kier molecular flexibility index (Phi) is 3.82. The van der Waals surface area contributed by atoms with Crippen LogP contribution in [0.3, 0.4) is 0 Å². The molecule has 0 amide bonds. The quantitative estimate of drug-likeness (QED) is 0.672. The van der Waals surface area contributed by atoms with Crippen molar-refractivity contribution < 1.29 is 9.53 Å². The number of aliphatic imine (C=N–C) groups is 1. The van der Waals surface area contributed by atoms with E-state index >= 15 is 0 Å². The van der Waals surface area contributed by atoms with E-state index < -0.39 is 0 Å². The monoisotopic (exact) mass is 323 g/mol. The van der Waals surface area contributed by atoms with Gasteiger partial charge in [0.2, 0.25) is 0 Å². The number of carbonyl (C=O) groups excluding carboxylic acids is 1. The van der Waals surface area contributed by atoms with Crippen LogP contribution in [0.4, 0.5) is 5.69 Å². The summed E-state index contributed by atoms with van der Waals surface area (Å²) < 4.78 is 4.67. The van der Waals surface area contributed by atoms with E-state index in [-0.39, 0.29) is 12.0 Å². The third-order valence-electron chi connectivity index (χ3n) is 3.30. The van der Waals surface area contributed by atoms with Crippen LogP contribution in [0.2, 0.25) is 5.02 Å². The van der Waals surface area contributed by atoms with E-state index in [9.17, 15) is 4.79 Å². The van der Waals surface area contributed by atoms with Crippen molar-refractivity contribution in [3.8, 4) is 0 Å². The third kappa shape index (κ3) is 2.87. The van der Waals surface area contributed by atoms with Gasteiger partial charge < -0.3 is 15.5 Å². The maximum atomic E-state index is 11.3. The predicted octanol–water partition coefficient (Wildman–Crippen LogP) is 2.83. The van der Waals surface area contributed by atoms with E-state index in [0.29, 0.717) is 17.1 Å². The summed E-state index contributed by atoms with van der Waals surface area (Å²) in [6, 6.07) is 5.52. The van der Waals surface area contributed by atoms with Crippen molar-refractivity contribution >= 4 is 51.0 Å². The Morgan fingerprint density at radius 1 is 1.57 bits per heavy atom. The Bertz CT molecular complexity index is 741. The van der Waals surface area contributed by atoms with E-state index in [1.165, 1.54) is 7.11 Å². The van der Waals surface area contributed by atoms with Gasteiger partial charge in [0.1, 0.15) is 5.04 Å². The molecule has 0 saturated heterocycles. The molecule has 0 spiro atoms. The van der Waals surface area contributed by atoms with E-state index in [2.05, 4.69) is 14.7 Å². The van der Waals surface area contributed by atoms with Gasteiger partial charge in [-0.3, -0.25) is 9.79 Å². The molecule has 2 heterocycles. The maximum Gasteiger partial charge on any atom is 0.307 e. The number of carbonyl (C=O) groups is 1. The summed E-state index contributed by atoms with van der Waals surface area (Å²) in [5.74, 6) is 0.536. The Hall–Kier alpha value is -1.66. The zero-order chi connectivity index (χ0) is 15.0. The third-order valence-corrected chi connectivity index (χ3v) is 4.66. The van der Waals surface area contributed by atoms with Gasteiger partial charge in [0.25, 0.3) is 0 Å². The summed E-state index contributed by atoms with van der Waals surface area (Å²) in [5, 5.41) is 2.44. The molecular formula is C14H14ClN3O2S. The molecule has 1 unspecified atom stereocenters. The van der Waals surface area contributed by atoms with Crippen LogP contribution in [0.1, 0.15) is 12.1 Å². The minimum Gasteiger partial charge on any atom is -0.469 e. The van der Waals surface area contributed by atoms with Crippen molar-refractivity contribution in [3.05, 3.63) is 28.9 Å². The zero-order valence-electron chi connectivity index (χ0n) is 11.4. The molecule has 3 rings (SSSR count). The lowest BCUT2D eigenvalue weighted by Crippen LogP contribution is -2.12. The molecular weight excluding hydrogens is 310 g/mol. The number of esters is 1. The second kappa shape index (κ2) is 5.61. The van der Waals surface area contributed by atoms with Gasteiger partial charge in [-0.2, -0.15) is 0 Å². The molecule has 2 aromatic rings. The highest BCUT2D eigenvalue weighted by molar-refractivity contribution is 8.14. The van der Waals surface area contributed by atoms with Gasteiger partial charge in [-0.25, -0.2) is 0 Å². The second-order valence-electron chi connectivity index (χ2n) is 4.82. The number of aromatic nitrogens is 1. The fourth-order valence-corrected chi connectivity index (χ4v) is 3.56. The molecule has 0 radical (unpaired) electrons. The number of H-pyrrole nitrogens is 1. The van der Waals surface area contributed by atoms with Crippen molar-refractivity contribution in [2.24, 2.45) is 4.99 Å². The van der Waals surface area contributed by atoms with Crippen LogP contribution in [0.25, 0.3) is 10.9 Å². The molecule has 3 N–H and O–H groups in total. The first-order chi connectivity index (χ1) is 10.1. The SMILES string of the molecule is COC(=O)CC1CSC(c2cc3cc(Cl)cc(N)c3[nH]2)=N1. The first-order valence-corrected chi connectivity index (χ1v) is 7.78. The number of nitrogens with zero attached hydrogens (tertiary/aromatic N) is 1. The van der Waals surface area contributed by atoms with Gasteiger partial charge in [-0.15, -0.1) is 11.8 Å². The number of benzene rings is 1. The minimum absolute atomic E-state index is 0.0372. The van der Waals surface area contributed by atoms with E-state index in [1.807, 2.05) is 12.1 Å². The first-order valence-electron chi connectivity index (χ1n) is 6.42. The maximum absolute atomic E-state index is 11.3. The molecule has 1 aliphatic rings. The van der Waals surface area contributed by atoms with Gasteiger partial charge in [-0.05, 0) is 18.2 Å². The van der Waals surface area contributed by atoms with Gasteiger partial charge in [0.15, 0.2) is 0 Å². The van der Waals surface area contributed by atoms with Crippen molar-refractivity contribution in [2.75, 3.05) is 18.6 Å². The van der Waals surface area contributed by atoms with Crippen molar-refractivity contribution in [2.45, 2.75) is 12.5 Å². The number of ether oxygens (including phenoxy) is 1. The number of rotatable bonds is 3. The lowest BCUT2D eigenvalue weighted by molar-refractivity contribution is -0.140. The summed E-state index contributed by atoms with van der Waals surface area (Å²) in [6.07, 6.45) is 0.307. The number of hydrogen-bond donors (Lipinski definition) is 2. The molecule has 7 heteroatoms. The molecule has 21 heavy (non-hydrogen) atoms. The van der Waals surface area contributed by atoms with Crippen molar-refractivity contribution in [3.63, 3.8) is 0 Å². The van der Waals surface area contributed by atoms with Crippen LogP contribution in [0.15, 0.2) is 23.2 Å². The smallest absolute Gasteiger partial charge is 0.307 e. The fraction of sp³-hybridized carbons (Fsp3) is 0.286. The minimum atomic E-state index is -0.238. The topological polar surface area (TPSA) is 80.5 Å². The summed E-state index contributed by atoms with van der Waals surface area (Å²) in [6.45, 7) is 0. The van der Waals surface area contributed by atoms with Gasteiger partial charge in [0, 0.05) is 16.2 Å². The molecule has 0 aliphatic carbocycles. The number of fused-ring (bicyclic) bond motifs is 1. The highest BCUT2D eigenvalue weighted by atomic mass is 35.5. The van der Waals surface area contributed by atoms with Crippen molar-refractivity contribution in [1.82, 2.24) is 4.98 Å². The molecule has 5 nitrogen and oxygen atoms in total. The second-order valence-corrected chi connectivity index (χ2v) is 6.27. The number of anilines is 1. The van der Waals surface area contributed by atoms with E-state index in [4.69, 9.17) is 17.3 Å². The average molecular weight is 324 g/mol. The molecule has 0 fully saturated rings. The van der Waals surface area contributed by atoms with Gasteiger partial charge in [0.05, 0.1) is 36.5 Å². The van der Waals surface area contributed by atoms with E-state index in [0.717, 1.165) is 27.4 Å². The molecule has 1 aromatic heterocycles. The molecule has 1 aromatic carbocycles. The Morgan fingerprint density at radius 2 is 2.38 bits per heavy atom. The lowest BCUT2D eigenvalue weighted by Gasteiger charge is -2.02. The molecule has 0 saturated carbocycles. The predicted molar refractivity (Wildman–Crippen MR) is 87.1 cm³/mol.